The number of carbonyl (C=O) groups excluding carboxylic acids is 1. The first-order valence-electron chi connectivity index (χ1n) is 6.64. The number of hydrogen-bond donors (Lipinski definition) is 0. The van der Waals surface area contributed by atoms with Crippen LogP contribution in [0.15, 0.2) is 67.3 Å². The van der Waals surface area contributed by atoms with Gasteiger partial charge in [-0.25, -0.2) is 4.52 Å². The van der Waals surface area contributed by atoms with Gasteiger partial charge in [0.25, 0.3) is 0 Å². The molecule has 0 bridgehead atoms. The molecule has 0 fully saturated rings. The highest BCUT2D eigenvalue weighted by Gasteiger charge is 2.17. The lowest BCUT2D eigenvalue weighted by molar-refractivity contribution is 0.104. The molecule has 1 aromatic carbocycles. The van der Waals surface area contributed by atoms with E-state index in [9.17, 15) is 4.79 Å². The number of fused-ring (bicyclic) bond motifs is 2. The van der Waals surface area contributed by atoms with Crippen LogP contribution in [-0.4, -0.2) is 20.4 Å². The molecule has 0 aliphatic heterocycles. The van der Waals surface area contributed by atoms with Gasteiger partial charge >= 0.3 is 0 Å². The third-order valence-electron chi connectivity index (χ3n) is 3.58. The predicted molar refractivity (Wildman–Crippen MR) is 80.4 cm³/mol. The molecule has 4 nitrogen and oxygen atoms in total. The predicted octanol–water partition coefficient (Wildman–Crippen LogP) is 3.11. The van der Waals surface area contributed by atoms with Crippen molar-refractivity contribution in [3.63, 3.8) is 0 Å². The van der Waals surface area contributed by atoms with Crippen LogP contribution in [0.5, 0.6) is 0 Å². The van der Waals surface area contributed by atoms with Crippen molar-refractivity contribution in [2.24, 2.45) is 0 Å². The zero-order chi connectivity index (χ0) is 14.2. The van der Waals surface area contributed by atoms with Gasteiger partial charge in [-0.15, -0.1) is 0 Å². The Labute approximate surface area is 120 Å². The molecular weight excluding hydrogens is 262 g/mol. The summed E-state index contributed by atoms with van der Waals surface area (Å²) in [5, 5.41) is 6.09. The van der Waals surface area contributed by atoms with E-state index < -0.39 is 0 Å². The highest BCUT2D eigenvalue weighted by atomic mass is 16.1. The van der Waals surface area contributed by atoms with E-state index in [-0.39, 0.29) is 5.78 Å². The van der Waals surface area contributed by atoms with Crippen molar-refractivity contribution < 1.29 is 4.79 Å². The Morgan fingerprint density at radius 3 is 2.71 bits per heavy atom. The summed E-state index contributed by atoms with van der Waals surface area (Å²) in [5.74, 6) is -0.0551. The number of rotatable bonds is 2. The molecule has 4 rings (SSSR count). The Morgan fingerprint density at radius 1 is 0.905 bits per heavy atom. The summed E-state index contributed by atoms with van der Waals surface area (Å²) in [6.07, 6.45) is 6.83. The third-order valence-corrected chi connectivity index (χ3v) is 3.58. The maximum absolute atomic E-state index is 12.8. The van der Waals surface area contributed by atoms with Crippen molar-refractivity contribution in [3.05, 3.63) is 78.4 Å². The quantitative estimate of drug-likeness (QED) is 0.527. The second kappa shape index (κ2) is 4.52. The second-order valence-corrected chi connectivity index (χ2v) is 4.83. The van der Waals surface area contributed by atoms with E-state index in [1.54, 1.807) is 23.1 Å². The maximum atomic E-state index is 12.8. The van der Waals surface area contributed by atoms with Gasteiger partial charge in [-0.1, -0.05) is 30.3 Å². The maximum Gasteiger partial charge on any atom is 0.198 e. The molecule has 0 radical (unpaired) electrons. The number of benzene rings is 1. The fraction of sp³-hybridized carbons (Fsp3) is 0. The third kappa shape index (κ3) is 1.80. The highest BCUT2D eigenvalue weighted by Crippen LogP contribution is 2.22. The molecule has 0 N–H and O–H groups in total. The average molecular weight is 273 g/mol. The van der Waals surface area contributed by atoms with Gasteiger partial charge < -0.3 is 0 Å². The molecule has 4 aromatic rings. The molecule has 0 spiro atoms. The molecule has 3 aromatic heterocycles. The largest absolute Gasteiger partial charge is 0.288 e. The molecule has 0 saturated carbocycles. The summed E-state index contributed by atoms with van der Waals surface area (Å²) >= 11 is 0. The Kier molecular flexibility index (Phi) is 2.54. The first kappa shape index (κ1) is 11.8. The van der Waals surface area contributed by atoms with Crippen LogP contribution in [0.3, 0.4) is 0 Å². The Balaban J connectivity index is 1.95. The van der Waals surface area contributed by atoms with Crippen LogP contribution in [0, 0.1) is 0 Å². The summed E-state index contributed by atoms with van der Waals surface area (Å²) in [7, 11) is 0. The smallest absolute Gasteiger partial charge is 0.198 e. The van der Waals surface area contributed by atoms with Gasteiger partial charge in [-0.05, 0) is 17.5 Å². The van der Waals surface area contributed by atoms with Crippen molar-refractivity contribution in [1.82, 2.24) is 14.6 Å². The number of carbonyl (C=O) groups is 1. The highest BCUT2D eigenvalue weighted by molar-refractivity contribution is 6.18. The molecule has 0 aliphatic carbocycles. The number of nitrogens with zero attached hydrogens (tertiary/aromatic N) is 3. The topological polar surface area (TPSA) is 47.3 Å². The summed E-state index contributed by atoms with van der Waals surface area (Å²) in [6.45, 7) is 0. The lowest BCUT2D eigenvalue weighted by atomic mass is 10.0. The summed E-state index contributed by atoms with van der Waals surface area (Å²) in [5.41, 5.74) is 2.00. The number of ketones is 1. The van der Waals surface area contributed by atoms with Crippen LogP contribution in [-0.2, 0) is 0 Å². The van der Waals surface area contributed by atoms with Crippen LogP contribution < -0.4 is 0 Å². The van der Waals surface area contributed by atoms with Crippen LogP contribution in [0.4, 0.5) is 0 Å². The van der Waals surface area contributed by atoms with E-state index in [4.69, 9.17) is 0 Å². The minimum absolute atomic E-state index is 0.0551. The van der Waals surface area contributed by atoms with Gasteiger partial charge in [0.05, 0.1) is 17.3 Å². The normalized spacial score (nSPS) is 11.0. The fourth-order valence-electron chi connectivity index (χ4n) is 2.55. The van der Waals surface area contributed by atoms with E-state index in [0.717, 1.165) is 16.3 Å². The van der Waals surface area contributed by atoms with Gasteiger partial charge in [0.2, 0.25) is 0 Å². The minimum Gasteiger partial charge on any atom is -0.288 e. The molecule has 0 atom stereocenters. The number of hydrogen-bond acceptors (Lipinski definition) is 3. The van der Waals surface area contributed by atoms with Crippen LogP contribution >= 0.6 is 0 Å². The SMILES string of the molecule is O=C(c1cncc2ccccc12)c1cnn2ccccc12. The monoisotopic (exact) mass is 273 g/mol. The first-order chi connectivity index (χ1) is 10.3. The molecular formula is C17H11N3O. The number of pyridine rings is 2. The van der Waals surface area contributed by atoms with E-state index in [1.165, 1.54) is 0 Å². The molecule has 0 amide bonds. The van der Waals surface area contributed by atoms with Crippen molar-refractivity contribution in [3.8, 4) is 0 Å². The molecule has 100 valence electrons. The summed E-state index contributed by atoms with van der Waals surface area (Å²) in [6, 6.07) is 13.4. The zero-order valence-corrected chi connectivity index (χ0v) is 11.1. The second-order valence-electron chi connectivity index (χ2n) is 4.83. The summed E-state index contributed by atoms with van der Waals surface area (Å²) in [4.78, 5) is 17.0. The molecule has 3 heterocycles. The van der Waals surface area contributed by atoms with Crippen molar-refractivity contribution in [1.29, 1.82) is 0 Å². The zero-order valence-electron chi connectivity index (χ0n) is 11.1. The van der Waals surface area contributed by atoms with Gasteiger partial charge in [0.1, 0.15) is 0 Å². The Morgan fingerprint density at radius 2 is 1.76 bits per heavy atom. The van der Waals surface area contributed by atoms with Gasteiger partial charge in [0.15, 0.2) is 5.78 Å². The molecule has 4 heteroatoms. The van der Waals surface area contributed by atoms with Crippen LogP contribution in [0.1, 0.15) is 15.9 Å². The van der Waals surface area contributed by atoms with E-state index in [2.05, 4.69) is 10.1 Å². The van der Waals surface area contributed by atoms with E-state index in [1.807, 2.05) is 48.7 Å². The van der Waals surface area contributed by atoms with E-state index in [0.29, 0.717) is 11.1 Å². The molecule has 0 unspecified atom stereocenters. The molecule has 0 aliphatic rings. The lowest BCUT2D eigenvalue weighted by Gasteiger charge is -2.04. The van der Waals surface area contributed by atoms with Crippen molar-refractivity contribution >= 4 is 22.1 Å². The van der Waals surface area contributed by atoms with Crippen molar-refractivity contribution in [2.45, 2.75) is 0 Å². The number of aromatic nitrogens is 3. The van der Waals surface area contributed by atoms with Gasteiger partial charge in [-0.2, -0.15) is 5.10 Å². The van der Waals surface area contributed by atoms with Crippen molar-refractivity contribution in [2.75, 3.05) is 0 Å². The van der Waals surface area contributed by atoms with Crippen LogP contribution in [0.25, 0.3) is 16.3 Å². The molecule has 0 saturated heterocycles. The Hall–Kier alpha value is -3.01. The molecule has 21 heavy (non-hydrogen) atoms. The first-order valence-corrected chi connectivity index (χ1v) is 6.64. The average Bonchev–Trinajstić information content (AvgIpc) is 2.98. The van der Waals surface area contributed by atoms with Gasteiger partial charge in [-0.3, -0.25) is 9.78 Å². The van der Waals surface area contributed by atoms with Crippen LogP contribution in [0.2, 0.25) is 0 Å². The van der Waals surface area contributed by atoms with E-state index >= 15 is 0 Å². The fourth-order valence-corrected chi connectivity index (χ4v) is 2.55. The summed E-state index contributed by atoms with van der Waals surface area (Å²) < 4.78 is 1.70. The Bertz CT molecular complexity index is 967. The minimum atomic E-state index is -0.0551. The standard InChI is InChI=1S/C17H11N3O/c21-17(15-11-19-20-8-4-3-7-16(15)20)14-10-18-9-12-5-1-2-6-13(12)14/h1-11H. The lowest BCUT2D eigenvalue weighted by Crippen LogP contribution is -2.02. The van der Waals surface area contributed by atoms with Gasteiger partial charge in [0, 0.05) is 29.5 Å².